The Morgan fingerprint density at radius 2 is 1.76 bits per heavy atom. The Kier molecular flexibility index (Phi) is 4.80. The van der Waals surface area contributed by atoms with Crippen LogP contribution in [-0.2, 0) is 0 Å². The average Bonchev–Trinajstić information content (AvgIpc) is 3.65. The van der Waals surface area contributed by atoms with Gasteiger partial charge in [0, 0.05) is 54.6 Å². The van der Waals surface area contributed by atoms with Crippen molar-refractivity contribution >= 4 is 5.91 Å². The van der Waals surface area contributed by atoms with Gasteiger partial charge in [0.1, 0.15) is 5.82 Å². The van der Waals surface area contributed by atoms with Gasteiger partial charge >= 0.3 is 0 Å². The number of piperidine rings is 1. The molecule has 5 rings (SSSR count). The average molecular weight is 384 g/mol. The molecule has 1 unspecified atom stereocenters. The normalized spacial score (nSPS) is 19.2. The van der Waals surface area contributed by atoms with Crippen molar-refractivity contribution in [1.82, 2.24) is 19.9 Å². The van der Waals surface area contributed by atoms with E-state index in [1.165, 1.54) is 12.8 Å². The van der Waals surface area contributed by atoms with Gasteiger partial charge in [-0.3, -0.25) is 9.78 Å². The molecule has 3 heterocycles. The van der Waals surface area contributed by atoms with E-state index in [0.29, 0.717) is 12.5 Å². The van der Waals surface area contributed by atoms with E-state index in [4.69, 9.17) is 4.98 Å². The van der Waals surface area contributed by atoms with Crippen molar-refractivity contribution in [3.8, 4) is 11.1 Å². The first-order valence-corrected chi connectivity index (χ1v) is 10.4. The highest BCUT2D eigenvalue weighted by molar-refractivity contribution is 5.94. The van der Waals surface area contributed by atoms with Crippen LogP contribution in [0, 0.1) is 0 Å². The largest absolute Gasteiger partial charge is 0.338 e. The van der Waals surface area contributed by atoms with Crippen LogP contribution in [0.25, 0.3) is 11.1 Å². The predicted molar refractivity (Wildman–Crippen MR) is 112 cm³/mol. The number of carbonyl (C=O) groups excluding carboxylic acids is 1. The number of pyridine rings is 1. The summed E-state index contributed by atoms with van der Waals surface area (Å²) in [5, 5.41) is 0. The monoisotopic (exact) mass is 384 g/mol. The molecule has 2 aliphatic rings. The summed E-state index contributed by atoms with van der Waals surface area (Å²) in [6.45, 7) is 1.50. The van der Waals surface area contributed by atoms with Gasteiger partial charge < -0.3 is 4.90 Å². The number of hydrogen-bond acceptors (Lipinski definition) is 4. The molecule has 0 spiro atoms. The summed E-state index contributed by atoms with van der Waals surface area (Å²) >= 11 is 0. The van der Waals surface area contributed by atoms with Crippen molar-refractivity contribution in [1.29, 1.82) is 0 Å². The Morgan fingerprint density at radius 1 is 0.966 bits per heavy atom. The molecule has 29 heavy (non-hydrogen) atoms. The summed E-state index contributed by atoms with van der Waals surface area (Å²) in [4.78, 5) is 28.8. The molecule has 0 N–H and O–H groups in total. The molecular weight excluding hydrogens is 360 g/mol. The molecule has 5 heteroatoms. The lowest BCUT2D eigenvalue weighted by Crippen LogP contribution is -2.39. The molecule has 146 valence electrons. The molecule has 0 bridgehead atoms. The number of aromatic nitrogens is 3. The van der Waals surface area contributed by atoms with E-state index in [9.17, 15) is 4.79 Å². The Bertz CT molecular complexity index is 1000. The maximum atomic E-state index is 13.0. The van der Waals surface area contributed by atoms with Gasteiger partial charge in [0.05, 0.1) is 5.69 Å². The predicted octanol–water partition coefficient (Wildman–Crippen LogP) is 4.44. The lowest BCUT2D eigenvalue weighted by molar-refractivity contribution is 0.0706. The number of benzene rings is 1. The van der Waals surface area contributed by atoms with Crippen molar-refractivity contribution in [3.63, 3.8) is 0 Å². The SMILES string of the molecule is O=C(c1ccccc1)N1CCCC(c2nc(C3CC3)ncc2-c2ccncc2)C1. The van der Waals surface area contributed by atoms with Gasteiger partial charge in [0.25, 0.3) is 5.91 Å². The fourth-order valence-electron chi connectivity index (χ4n) is 4.16. The van der Waals surface area contributed by atoms with Crippen LogP contribution >= 0.6 is 0 Å². The quantitative estimate of drug-likeness (QED) is 0.667. The second kappa shape index (κ2) is 7.74. The van der Waals surface area contributed by atoms with Gasteiger partial charge in [0.15, 0.2) is 0 Å². The zero-order valence-corrected chi connectivity index (χ0v) is 16.4. The van der Waals surface area contributed by atoms with Crippen LogP contribution in [0.15, 0.2) is 61.1 Å². The fourth-order valence-corrected chi connectivity index (χ4v) is 4.16. The summed E-state index contributed by atoms with van der Waals surface area (Å²) in [7, 11) is 0. The molecule has 2 aromatic heterocycles. The zero-order chi connectivity index (χ0) is 19.6. The molecule has 1 amide bonds. The van der Waals surface area contributed by atoms with Crippen molar-refractivity contribution < 1.29 is 4.79 Å². The molecule has 1 aliphatic carbocycles. The van der Waals surface area contributed by atoms with E-state index >= 15 is 0 Å². The highest BCUT2D eigenvalue weighted by Gasteiger charge is 2.31. The molecule has 3 aromatic rings. The molecule has 1 aromatic carbocycles. The fraction of sp³-hybridized carbons (Fsp3) is 0.333. The van der Waals surface area contributed by atoms with Crippen LogP contribution in [0.1, 0.15) is 59.4 Å². The van der Waals surface area contributed by atoms with Gasteiger partial charge in [-0.2, -0.15) is 0 Å². The van der Waals surface area contributed by atoms with E-state index in [1.54, 1.807) is 12.4 Å². The van der Waals surface area contributed by atoms with Crippen molar-refractivity contribution in [3.05, 3.63) is 78.1 Å². The van der Waals surface area contributed by atoms with Crippen LogP contribution in [0.3, 0.4) is 0 Å². The molecule has 2 fully saturated rings. The highest BCUT2D eigenvalue weighted by atomic mass is 16.2. The van der Waals surface area contributed by atoms with Gasteiger partial charge in [-0.25, -0.2) is 9.97 Å². The smallest absolute Gasteiger partial charge is 0.253 e. The number of rotatable bonds is 4. The van der Waals surface area contributed by atoms with Crippen LogP contribution < -0.4 is 0 Å². The lowest BCUT2D eigenvalue weighted by Gasteiger charge is -2.33. The standard InChI is InChI=1S/C24H24N4O/c29-24(19-5-2-1-3-6-19)28-14-4-7-20(16-28)22-21(17-10-12-25-13-11-17)15-26-23(27-22)18-8-9-18/h1-3,5-6,10-13,15,18,20H,4,7-9,14,16H2. The lowest BCUT2D eigenvalue weighted by atomic mass is 9.89. The van der Waals surface area contributed by atoms with E-state index in [1.807, 2.05) is 53.6 Å². The third-order valence-corrected chi connectivity index (χ3v) is 5.89. The first kappa shape index (κ1) is 18.0. The Labute approximate surface area is 170 Å². The Hall–Kier alpha value is -3.08. The van der Waals surface area contributed by atoms with E-state index in [2.05, 4.69) is 9.97 Å². The molecule has 1 saturated carbocycles. The number of hydrogen-bond donors (Lipinski definition) is 0. The minimum atomic E-state index is 0.109. The summed E-state index contributed by atoms with van der Waals surface area (Å²) in [6, 6.07) is 13.6. The van der Waals surface area contributed by atoms with E-state index < -0.39 is 0 Å². The maximum Gasteiger partial charge on any atom is 0.253 e. The Balaban J connectivity index is 1.47. The van der Waals surface area contributed by atoms with Crippen LogP contribution in [-0.4, -0.2) is 38.8 Å². The summed E-state index contributed by atoms with van der Waals surface area (Å²) < 4.78 is 0. The summed E-state index contributed by atoms with van der Waals surface area (Å²) in [5.41, 5.74) is 3.99. The molecule has 1 atom stereocenters. The number of likely N-dealkylation sites (tertiary alicyclic amines) is 1. The minimum absolute atomic E-state index is 0.109. The van der Waals surface area contributed by atoms with E-state index in [0.717, 1.165) is 47.6 Å². The molecule has 5 nitrogen and oxygen atoms in total. The molecule has 1 aliphatic heterocycles. The summed E-state index contributed by atoms with van der Waals surface area (Å²) in [6.07, 6.45) is 9.97. The second-order valence-corrected chi connectivity index (χ2v) is 7.99. The van der Waals surface area contributed by atoms with Gasteiger partial charge in [-0.1, -0.05) is 18.2 Å². The minimum Gasteiger partial charge on any atom is -0.338 e. The number of carbonyl (C=O) groups is 1. The Morgan fingerprint density at radius 3 is 2.52 bits per heavy atom. The van der Waals surface area contributed by atoms with Crippen LogP contribution in [0.2, 0.25) is 0 Å². The zero-order valence-electron chi connectivity index (χ0n) is 16.4. The molecule has 0 radical (unpaired) electrons. The first-order valence-electron chi connectivity index (χ1n) is 10.4. The van der Waals surface area contributed by atoms with Crippen LogP contribution in [0.5, 0.6) is 0 Å². The highest BCUT2D eigenvalue weighted by Crippen LogP contribution is 2.40. The van der Waals surface area contributed by atoms with Gasteiger partial charge in [0.2, 0.25) is 0 Å². The summed E-state index contributed by atoms with van der Waals surface area (Å²) in [5.74, 6) is 1.80. The third kappa shape index (κ3) is 3.77. The van der Waals surface area contributed by atoms with E-state index in [-0.39, 0.29) is 11.8 Å². The molecule has 1 saturated heterocycles. The van der Waals surface area contributed by atoms with Gasteiger partial charge in [-0.15, -0.1) is 0 Å². The topological polar surface area (TPSA) is 59.0 Å². The number of amides is 1. The third-order valence-electron chi connectivity index (χ3n) is 5.89. The molecular formula is C24H24N4O. The number of nitrogens with zero attached hydrogens (tertiary/aromatic N) is 4. The van der Waals surface area contributed by atoms with Crippen LogP contribution in [0.4, 0.5) is 0 Å². The van der Waals surface area contributed by atoms with Crippen molar-refractivity contribution in [2.75, 3.05) is 13.1 Å². The first-order chi connectivity index (χ1) is 14.3. The maximum absolute atomic E-state index is 13.0. The van der Waals surface area contributed by atoms with Crippen molar-refractivity contribution in [2.45, 2.75) is 37.5 Å². The second-order valence-electron chi connectivity index (χ2n) is 7.99. The van der Waals surface area contributed by atoms with Crippen molar-refractivity contribution in [2.24, 2.45) is 0 Å². The van der Waals surface area contributed by atoms with Gasteiger partial charge in [-0.05, 0) is 55.5 Å².